The summed E-state index contributed by atoms with van der Waals surface area (Å²) in [5.74, 6) is 1.82. The van der Waals surface area contributed by atoms with Crippen molar-refractivity contribution in [3.8, 4) is 51.0 Å². The Bertz CT molecular complexity index is 3410. The Morgan fingerprint density at radius 2 is 0.912 bits per heavy atom. The highest BCUT2D eigenvalue weighted by atomic mass is 16.3. The molecule has 0 aliphatic carbocycles. The topological polar surface area (TPSA) is 69.9 Å². The lowest BCUT2D eigenvalue weighted by Gasteiger charge is -2.09. The summed E-state index contributed by atoms with van der Waals surface area (Å²) in [6, 6.07) is 62.5. The molecule has 0 N–H and O–H groups in total. The Kier molecular flexibility index (Phi) is 6.83. The number of benzene rings is 8. The van der Waals surface area contributed by atoms with Crippen molar-refractivity contribution in [3.63, 3.8) is 0 Å². The van der Waals surface area contributed by atoms with E-state index in [4.69, 9.17) is 23.8 Å². The van der Waals surface area contributed by atoms with E-state index in [1.54, 1.807) is 0 Å². The fraction of sp³-hybridized carbons (Fsp3) is 0. The maximum Gasteiger partial charge on any atom is 0.164 e. The molecule has 0 spiro atoms. The van der Waals surface area contributed by atoms with Gasteiger partial charge in [-0.3, -0.25) is 0 Å². The maximum atomic E-state index is 6.96. The number of aromatic nitrogens is 4. The van der Waals surface area contributed by atoms with Crippen LogP contribution in [0.15, 0.2) is 191 Å². The molecule has 4 heterocycles. The van der Waals surface area contributed by atoms with E-state index < -0.39 is 0 Å². The summed E-state index contributed by atoms with van der Waals surface area (Å²) >= 11 is 0. The lowest BCUT2D eigenvalue weighted by molar-refractivity contribution is 0.667. The molecule has 8 aromatic carbocycles. The summed E-state index contributed by atoms with van der Waals surface area (Å²) in [7, 11) is 0. The van der Waals surface area contributed by atoms with Crippen LogP contribution in [0.1, 0.15) is 0 Å². The molecule has 12 rings (SSSR count). The molecule has 0 amide bonds. The summed E-state index contributed by atoms with van der Waals surface area (Å²) in [6.45, 7) is 0. The Morgan fingerprint density at radius 1 is 0.351 bits per heavy atom. The maximum absolute atomic E-state index is 6.96. The van der Waals surface area contributed by atoms with E-state index in [9.17, 15) is 0 Å². The van der Waals surface area contributed by atoms with Gasteiger partial charge in [0.2, 0.25) is 0 Å². The van der Waals surface area contributed by atoms with Crippen molar-refractivity contribution in [1.82, 2.24) is 19.5 Å². The number of hydrogen-bond acceptors (Lipinski definition) is 5. The van der Waals surface area contributed by atoms with E-state index >= 15 is 0 Å². The number of fused-ring (bicyclic) bond motifs is 9. The van der Waals surface area contributed by atoms with Crippen LogP contribution in [0.25, 0.3) is 117 Å². The van der Waals surface area contributed by atoms with Gasteiger partial charge in [-0.15, -0.1) is 0 Å². The third-order valence-electron chi connectivity index (χ3n) is 11.1. The molecule has 0 fully saturated rings. The summed E-state index contributed by atoms with van der Waals surface area (Å²) < 4.78 is 15.9. The lowest BCUT2D eigenvalue weighted by Crippen LogP contribution is -2.00. The summed E-state index contributed by atoms with van der Waals surface area (Å²) in [5.41, 5.74) is 11.3. The van der Waals surface area contributed by atoms with Gasteiger partial charge in [0, 0.05) is 54.6 Å². The first-order valence-electron chi connectivity index (χ1n) is 19.0. The number of para-hydroxylation sites is 4. The van der Waals surface area contributed by atoms with Crippen LogP contribution in [0.5, 0.6) is 0 Å². The largest absolute Gasteiger partial charge is 0.456 e. The molecule has 0 bridgehead atoms. The van der Waals surface area contributed by atoms with Crippen molar-refractivity contribution in [2.45, 2.75) is 0 Å². The van der Waals surface area contributed by atoms with Gasteiger partial charge in [-0.2, -0.15) is 0 Å². The van der Waals surface area contributed by atoms with E-state index in [0.29, 0.717) is 17.5 Å². The van der Waals surface area contributed by atoms with Gasteiger partial charge in [0.1, 0.15) is 16.7 Å². The molecule has 0 atom stereocenters. The molecule has 6 nitrogen and oxygen atoms in total. The van der Waals surface area contributed by atoms with Crippen LogP contribution in [-0.2, 0) is 0 Å². The minimum Gasteiger partial charge on any atom is -0.456 e. The van der Waals surface area contributed by atoms with Crippen LogP contribution >= 0.6 is 0 Å². The predicted molar refractivity (Wildman–Crippen MR) is 230 cm³/mol. The highest BCUT2D eigenvalue weighted by Crippen LogP contribution is 2.43. The third kappa shape index (κ3) is 4.87. The minimum absolute atomic E-state index is 0.589. The summed E-state index contributed by atoms with van der Waals surface area (Å²) in [4.78, 5) is 15.0. The van der Waals surface area contributed by atoms with Gasteiger partial charge in [-0.1, -0.05) is 146 Å². The number of nitrogens with zero attached hydrogens (tertiary/aromatic N) is 4. The smallest absolute Gasteiger partial charge is 0.164 e. The summed E-state index contributed by atoms with van der Waals surface area (Å²) in [6.07, 6.45) is 0. The van der Waals surface area contributed by atoms with Crippen molar-refractivity contribution in [3.05, 3.63) is 182 Å². The normalized spacial score (nSPS) is 11.9. The standard InChI is InChI=1S/C51H30N4O2/c1-3-14-31(15-4-1)49-52-50(32-16-5-2-6-17-32)54-51(53-49)40-23-13-27-44-46(40)39-29-28-33(30-45(39)56-44)34-20-11-21-37-38-22-12-26-43(48(38)57-47(34)37)55-41-24-9-7-18-35(41)36-19-8-10-25-42(36)55/h1-30H. The van der Waals surface area contributed by atoms with Gasteiger partial charge >= 0.3 is 0 Å². The molecular weight excluding hydrogens is 701 g/mol. The number of hydrogen-bond donors (Lipinski definition) is 0. The summed E-state index contributed by atoms with van der Waals surface area (Å²) in [5, 5.41) is 6.51. The first-order chi connectivity index (χ1) is 28.3. The van der Waals surface area contributed by atoms with E-state index in [0.717, 1.165) is 88.4 Å². The number of rotatable bonds is 5. The van der Waals surface area contributed by atoms with Crippen molar-refractivity contribution in [2.75, 3.05) is 0 Å². The van der Waals surface area contributed by atoms with Crippen molar-refractivity contribution in [2.24, 2.45) is 0 Å². The minimum atomic E-state index is 0.589. The molecular formula is C51H30N4O2. The molecule has 6 heteroatoms. The van der Waals surface area contributed by atoms with Crippen LogP contribution < -0.4 is 0 Å². The molecule has 0 radical (unpaired) electrons. The molecule has 0 saturated carbocycles. The first kappa shape index (κ1) is 31.5. The van der Waals surface area contributed by atoms with Crippen LogP contribution in [-0.4, -0.2) is 19.5 Å². The van der Waals surface area contributed by atoms with Crippen LogP contribution in [0.4, 0.5) is 0 Å². The fourth-order valence-electron chi connectivity index (χ4n) is 8.50. The quantitative estimate of drug-likeness (QED) is 0.176. The van der Waals surface area contributed by atoms with Gasteiger partial charge in [0.15, 0.2) is 23.1 Å². The Balaban J connectivity index is 1.02. The molecule has 57 heavy (non-hydrogen) atoms. The number of furan rings is 2. The predicted octanol–water partition coefficient (Wildman–Crippen LogP) is 13.4. The van der Waals surface area contributed by atoms with E-state index in [2.05, 4.69) is 114 Å². The van der Waals surface area contributed by atoms with Crippen molar-refractivity contribution < 1.29 is 8.83 Å². The molecule has 0 unspecified atom stereocenters. The Morgan fingerprint density at radius 3 is 1.61 bits per heavy atom. The highest BCUT2D eigenvalue weighted by Gasteiger charge is 2.21. The van der Waals surface area contributed by atoms with Crippen molar-refractivity contribution >= 4 is 65.7 Å². The monoisotopic (exact) mass is 730 g/mol. The fourth-order valence-corrected chi connectivity index (χ4v) is 8.50. The van der Waals surface area contributed by atoms with Gasteiger partial charge in [-0.25, -0.2) is 15.0 Å². The second kappa shape index (κ2) is 12.3. The Hall–Kier alpha value is -7.83. The average molecular weight is 731 g/mol. The van der Waals surface area contributed by atoms with Gasteiger partial charge in [0.25, 0.3) is 0 Å². The SMILES string of the molecule is c1ccc(-c2nc(-c3ccccc3)nc(-c3cccc4oc5cc(-c6cccc7c6oc6c(-n8c9ccccc9c9ccccc98)cccc67)ccc5c34)n2)cc1. The molecule has 0 saturated heterocycles. The van der Waals surface area contributed by atoms with Gasteiger partial charge in [0.05, 0.1) is 16.7 Å². The van der Waals surface area contributed by atoms with E-state index in [1.165, 1.54) is 10.8 Å². The third-order valence-corrected chi connectivity index (χ3v) is 11.1. The van der Waals surface area contributed by atoms with Gasteiger partial charge in [-0.05, 0) is 42.0 Å². The first-order valence-corrected chi connectivity index (χ1v) is 19.0. The lowest BCUT2D eigenvalue weighted by atomic mass is 9.99. The highest BCUT2D eigenvalue weighted by molar-refractivity contribution is 6.16. The van der Waals surface area contributed by atoms with Crippen LogP contribution in [0.3, 0.4) is 0 Å². The molecule has 12 aromatic rings. The van der Waals surface area contributed by atoms with Crippen LogP contribution in [0.2, 0.25) is 0 Å². The van der Waals surface area contributed by atoms with Crippen LogP contribution in [0, 0.1) is 0 Å². The molecule has 266 valence electrons. The zero-order valence-corrected chi connectivity index (χ0v) is 30.4. The van der Waals surface area contributed by atoms with E-state index in [-0.39, 0.29) is 0 Å². The molecule has 0 aliphatic heterocycles. The average Bonchev–Trinajstić information content (AvgIpc) is 3.96. The van der Waals surface area contributed by atoms with E-state index in [1.807, 2.05) is 72.8 Å². The van der Waals surface area contributed by atoms with Crippen molar-refractivity contribution in [1.29, 1.82) is 0 Å². The zero-order chi connectivity index (χ0) is 37.5. The van der Waals surface area contributed by atoms with Gasteiger partial charge < -0.3 is 13.4 Å². The second-order valence-corrected chi connectivity index (χ2v) is 14.3. The second-order valence-electron chi connectivity index (χ2n) is 14.3. The Labute approximate surface area is 325 Å². The molecule has 4 aromatic heterocycles. The molecule has 0 aliphatic rings. The zero-order valence-electron chi connectivity index (χ0n) is 30.4.